The number of ether oxygens (including phenoxy) is 1. The molecule has 198 valence electrons. The fourth-order valence-corrected chi connectivity index (χ4v) is 11.5. The highest BCUT2D eigenvalue weighted by Crippen LogP contribution is 2.76. The minimum atomic E-state index is -0.710. The zero-order chi connectivity index (χ0) is 25.8. The van der Waals surface area contributed by atoms with Gasteiger partial charge in [-0.25, -0.2) is 0 Å². The first kappa shape index (κ1) is 25.7. The number of carbonyl (C=O) groups is 2. The molecule has 0 heterocycles. The van der Waals surface area contributed by atoms with Crippen LogP contribution < -0.4 is 0 Å². The molecule has 0 unspecified atom stereocenters. The maximum Gasteiger partial charge on any atom is 0.309 e. The lowest BCUT2D eigenvalue weighted by Gasteiger charge is -2.72. The molecule has 0 aliphatic heterocycles. The van der Waals surface area contributed by atoms with Gasteiger partial charge < -0.3 is 9.84 Å². The molecule has 5 fully saturated rings. The Bertz CT molecular complexity index is 921. The summed E-state index contributed by atoms with van der Waals surface area (Å²) >= 11 is 0. The van der Waals surface area contributed by atoms with Gasteiger partial charge >= 0.3 is 5.97 Å². The number of fused-ring (bicyclic) bond motifs is 7. The van der Waals surface area contributed by atoms with Crippen LogP contribution in [0.3, 0.4) is 0 Å². The average Bonchev–Trinajstić information content (AvgIpc) is 2.74. The van der Waals surface area contributed by atoms with Gasteiger partial charge in [0.1, 0.15) is 5.78 Å². The Labute approximate surface area is 213 Å². The lowest BCUT2D eigenvalue weighted by molar-refractivity contribution is -0.247. The number of hydrogen-bond donors (Lipinski definition) is 1. The van der Waals surface area contributed by atoms with Crippen LogP contribution in [0.2, 0.25) is 0 Å². The number of aliphatic carboxylic acids is 1. The van der Waals surface area contributed by atoms with E-state index in [1.165, 1.54) is 6.42 Å². The topological polar surface area (TPSA) is 63.6 Å². The van der Waals surface area contributed by atoms with Crippen LogP contribution >= 0.6 is 0 Å². The maximum absolute atomic E-state index is 14.3. The van der Waals surface area contributed by atoms with Crippen molar-refractivity contribution in [1.29, 1.82) is 0 Å². The zero-order valence-electron chi connectivity index (χ0n) is 23.6. The number of carbonyl (C=O) groups excluding carboxylic acids is 1. The van der Waals surface area contributed by atoms with E-state index in [9.17, 15) is 14.7 Å². The van der Waals surface area contributed by atoms with E-state index >= 15 is 0 Å². The van der Waals surface area contributed by atoms with E-state index in [0.717, 1.165) is 51.4 Å². The van der Waals surface area contributed by atoms with Crippen molar-refractivity contribution in [2.75, 3.05) is 7.11 Å². The summed E-state index contributed by atoms with van der Waals surface area (Å²) in [5.41, 5.74) is -0.436. The summed E-state index contributed by atoms with van der Waals surface area (Å²) in [7, 11) is 1.86. The molecule has 5 rings (SSSR count). The molecule has 0 spiro atoms. The van der Waals surface area contributed by atoms with Crippen LogP contribution in [0.15, 0.2) is 0 Å². The van der Waals surface area contributed by atoms with Crippen LogP contribution in [0.25, 0.3) is 0 Å². The SMILES string of the molecule is CO[C@H]1CC[C@]2(C)[C@H]3CC(=O)[C@@H]4[C@@H]5CC(C)(C)CC[C@]5(C(=O)O)CC[C@@]4(C)[C@]3(C)CC[C@H]2C1(C)C. The summed E-state index contributed by atoms with van der Waals surface area (Å²) in [5.74, 6) is 0.520. The first-order chi connectivity index (χ1) is 16.1. The van der Waals surface area contributed by atoms with E-state index in [4.69, 9.17) is 4.74 Å². The summed E-state index contributed by atoms with van der Waals surface area (Å²) in [6, 6.07) is 0. The highest BCUT2D eigenvalue weighted by Gasteiger charge is 2.73. The van der Waals surface area contributed by atoms with E-state index < -0.39 is 11.4 Å². The van der Waals surface area contributed by atoms with Crippen molar-refractivity contribution in [2.45, 2.75) is 119 Å². The van der Waals surface area contributed by atoms with Crippen LogP contribution in [0.1, 0.15) is 113 Å². The van der Waals surface area contributed by atoms with Crippen molar-refractivity contribution < 1.29 is 19.4 Å². The molecule has 4 nitrogen and oxygen atoms in total. The standard InChI is InChI=1S/C31H50O4/c1-26(2)13-15-31(25(33)34)16-14-30(7)24(19(31)18-26)20(32)17-22-28(5)11-10-23(35-8)27(3,4)21(28)9-12-29(22,30)6/h19,21-24H,9-18H2,1-8H3,(H,33,34)/t19-,21-,22+,23-,24-,28-,29+,30+,31-/m0/s1. The van der Waals surface area contributed by atoms with Gasteiger partial charge in [0.25, 0.3) is 0 Å². The molecular weight excluding hydrogens is 436 g/mol. The smallest absolute Gasteiger partial charge is 0.309 e. The highest BCUT2D eigenvalue weighted by molar-refractivity contribution is 5.86. The third-order valence-electron chi connectivity index (χ3n) is 13.7. The predicted molar refractivity (Wildman–Crippen MR) is 138 cm³/mol. The molecule has 0 bridgehead atoms. The van der Waals surface area contributed by atoms with Crippen LogP contribution in [-0.4, -0.2) is 30.1 Å². The van der Waals surface area contributed by atoms with E-state index in [2.05, 4.69) is 48.5 Å². The molecule has 0 aromatic rings. The molecule has 5 saturated carbocycles. The Morgan fingerprint density at radius 2 is 1.51 bits per heavy atom. The van der Waals surface area contributed by atoms with Crippen molar-refractivity contribution in [3.8, 4) is 0 Å². The minimum absolute atomic E-state index is 0.0287. The van der Waals surface area contributed by atoms with E-state index in [0.29, 0.717) is 24.0 Å². The Kier molecular flexibility index (Phi) is 5.57. The average molecular weight is 487 g/mol. The Hall–Kier alpha value is -0.900. The van der Waals surface area contributed by atoms with Gasteiger partial charge in [-0.1, -0.05) is 48.5 Å². The third kappa shape index (κ3) is 3.13. The van der Waals surface area contributed by atoms with Crippen molar-refractivity contribution in [3.05, 3.63) is 0 Å². The fourth-order valence-electron chi connectivity index (χ4n) is 11.5. The van der Waals surface area contributed by atoms with E-state index in [1.807, 2.05) is 7.11 Å². The van der Waals surface area contributed by atoms with Gasteiger partial charge in [-0.05, 0) is 103 Å². The van der Waals surface area contributed by atoms with Gasteiger partial charge in [-0.2, -0.15) is 0 Å². The monoisotopic (exact) mass is 486 g/mol. The number of rotatable bonds is 2. The molecule has 4 heteroatoms. The van der Waals surface area contributed by atoms with Gasteiger partial charge in [0.15, 0.2) is 0 Å². The number of ketones is 1. The van der Waals surface area contributed by atoms with Crippen LogP contribution in [0.5, 0.6) is 0 Å². The van der Waals surface area contributed by atoms with E-state index in [1.54, 1.807) is 0 Å². The molecule has 0 amide bonds. The lowest BCUT2D eigenvalue weighted by atomic mass is 9.31. The summed E-state index contributed by atoms with van der Waals surface area (Å²) in [6.45, 7) is 16.8. The second-order valence-electron chi connectivity index (χ2n) is 15.7. The highest BCUT2D eigenvalue weighted by atomic mass is 16.5. The van der Waals surface area contributed by atoms with Crippen LogP contribution in [-0.2, 0) is 14.3 Å². The fraction of sp³-hybridized carbons (Fsp3) is 0.935. The molecule has 0 radical (unpaired) electrons. The van der Waals surface area contributed by atoms with Crippen molar-refractivity contribution in [1.82, 2.24) is 0 Å². The van der Waals surface area contributed by atoms with Crippen molar-refractivity contribution in [2.24, 2.45) is 56.2 Å². The van der Waals surface area contributed by atoms with Gasteiger partial charge in [-0.3, -0.25) is 9.59 Å². The van der Waals surface area contributed by atoms with Crippen LogP contribution in [0, 0.1) is 56.2 Å². The minimum Gasteiger partial charge on any atom is -0.481 e. The summed E-state index contributed by atoms with van der Waals surface area (Å²) < 4.78 is 5.98. The first-order valence-corrected chi connectivity index (χ1v) is 14.4. The van der Waals surface area contributed by atoms with Gasteiger partial charge in [0.05, 0.1) is 11.5 Å². The van der Waals surface area contributed by atoms with Gasteiger partial charge in [-0.15, -0.1) is 0 Å². The number of carboxylic acids is 1. The maximum atomic E-state index is 14.3. The molecule has 1 N–H and O–H groups in total. The Morgan fingerprint density at radius 1 is 0.857 bits per heavy atom. The van der Waals surface area contributed by atoms with E-state index in [-0.39, 0.29) is 45.0 Å². The summed E-state index contributed by atoms with van der Waals surface area (Å²) in [5, 5.41) is 10.5. The number of methoxy groups -OCH3 is 1. The quantitative estimate of drug-likeness (QED) is 0.450. The molecule has 0 aromatic carbocycles. The van der Waals surface area contributed by atoms with Crippen molar-refractivity contribution in [3.63, 3.8) is 0 Å². The molecule has 9 atom stereocenters. The number of Topliss-reactive ketones (excluding diaryl/α,β-unsaturated/α-hetero) is 1. The molecule has 5 aliphatic rings. The summed E-state index contributed by atoms with van der Waals surface area (Å²) in [4.78, 5) is 27.2. The molecule has 5 aliphatic carbocycles. The van der Waals surface area contributed by atoms with Gasteiger partial charge in [0, 0.05) is 19.4 Å². The zero-order valence-corrected chi connectivity index (χ0v) is 23.6. The second kappa shape index (κ2) is 7.58. The first-order valence-electron chi connectivity index (χ1n) is 14.4. The lowest BCUT2D eigenvalue weighted by Crippen LogP contribution is -2.69. The normalized spacial score (nSPS) is 52.5. The molecular formula is C31H50O4. The Balaban J connectivity index is 1.58. The third-order valence-corrected chi connectivity index (χ3v) is 13.7. The number of hydrogen-bond acceptors (Lipinski definition) is 3. The second-order valence-corrected chi connectivity index (χ2v) is 15.7. The number of carboxylic acid groups (broad SMARTS) is 1. The molecule has 35 heavy (non-hydrogen) atoms. The molecule has 0 aromatic heterocycles. The Morgan fingerprint density at radius 3 is 2.14 bits per heavy atom. The molecule has 0 saturated heterocycles. The van der Waals surface area contributed by atoms with Crippen LogP contribution in [0.4, 0.5) is 0 Å². The summed E-state index contributed by atoms with van der Waals surface area (Å²) in [6.07, 6.45) is 9.62. The predicted octanol–water partition coefficient (Wildman–Crippen LogP) is 7.15. The van der Waals surface area contributed by atoms with Gasteiger partial charge in [0.2, 0.25) is 0 Å². The largest absolute Gasteiger partial charge is 0.481 e. The van der Waals surface area contributed by atoms with Crippen molar-refractivity contribution >= 4 is 11.8 Å².